The molecule has 12 aromatic rings. The van der Waals surface area contributed by atoms with Gasteiger partial charge in [-0.1, -0.05) is 121 Å². The maximum absolute atomic E-state index is 6.50. The Morgan fingerprint density at radius 3 is 1.54 bits per heavy atom. The fraction of sp³-hybridized carbons (Fsp3) is 0. The van der Waals surface area contributed by atoms with Crippen LogP contribution in [0.25, 0.3) is 119 Å². The van der Waals surface area contributed by atoms with Crippen LogP contribution in [0.4, 0.5) is 0 Å². The highest BCUT2D eigenvalue weighted by Crippen LogP contribution is 2.41. The number of thiophene rings is 2. The molecule has 4 heterocycles. The van der Waals surface area contributed by atoms with Crippen molar-refractivity contribution in [1.82, 2.24) is 15.0 Å². The van der Waals surface area contributed by atoms with Crippen LogP contribution >= 0.6 is 22.7 Å². The lowest BCUT2D eigenvalue weighted by molar-refractivity contribution is 0.669. The van der Waals surface area contributed by atoms with E-state index in [1.54, 1.807) is 11.3 Å². The highest BCUT2D eigenvalue weighted by atomic mass is 32.1. The molecule has 0 unspecified atom stereocenters. The van der Waals surface area contributed by atoms with E-state index >= 15 is 0 Å². The number of hydrogen-bond donors (Lipinski definition) is 0. The van der Waals surface area contributed by atoms with Crippen LogP contribution in [0.1, 0.15) is 0 Å². The Morgan fingerprint density at radius 1 is 0.281 bits per heavy atom. The SMILES string of the molecule is c1ccc(-c2ccc3sc4cc(-c5ccc6oc7cc(-c8nc(-c9ccccc9)nc(-c9ccc%10c(c9)sc9ccccc9%10)n8)ccc7c6c5)ccc4c3c2)cc1. The molecular weight excluding hydrogens is 735 g/mol. The summed E-state index contributed by atoms with van der Waals surface area (Å²) < 4.78 is 11.6. The molecule has 4 nitrogen and oxygen atoms in total. The summed E-state index contributed by atoms with van der Waals surface area (Å²) in [5.41, 5.74) is 9.23. The first-order valence-electron chi connectivity index (χ1n) is 18.9. The zero-order chi connectivity index (χ0) is 37.5. The van der Waals surface area contributed by atoms with Crippen molar-refractivity contribution in [3.63, 3.8) is 0 Å². The molecule has 57 heavy (non-hydrogen) atoms. The molecule has 0 aliphatic carbocycles. The van der Waals surface area contributed by atoms with E-state index in [0.29, 0.717) is 17.5 Å². The number of aromatic nitrogens is 3. The number of hydrogen-bond acceptors (Lipinski definition) is 6. The number of benzene rings is 8. The second-order valence-corrected chi connectivity index (χ2v) is 16.6. The first-order valence-corrected chi connectivity index (χ1v) is 20.5. The third-order valence-electron chi connectivity index (χ3n) is 10.9. The van der Waals surface area contributed by atoms with Crippen molar-refractivity contribution < 1.29 is 4.42 Å². The Hall–Kier alpha value is -6.99. The van der Waals surface area contributed by atoms with Crippen molar-refractivity contribution in [3.8, 4) is 56.4 Å². The Labute approximate surface area is 335 Å². The summed E-state index contributed by atoms with van der Waals surface area (Å²) in [5, 5.41) is 7.24. The lowest BCUT2D eigenvalue weighted by atomic mass is 10.00. The molecule has 0 saturated carbocycles. The van der Waals surface area contributed by atoms with Gasteiger partial charge in [0.25, 0.3) is 0 Å². The van der Waals surface area contributed by atoms with Gasteiger partial charge in [-0.2, -0.15) is 0 Å². The van der Waals surface area contributed by atoms with Crippen molar-refractivity contribution in [1.29, 1.82) is 0 Å². The molecule has 0 bridgehead atoms. The van der Waals surface area contributed by atoms with Gasteiger partial charge >= 0.3 is 0 Å². The lowest BCUT2D eigenvalue weighted by Crippen LogP contribution is -2.00. The standard InChI is InChI=1S/C51H29N3OS2/c1-3-9-30(10-4-1)32-19-24-46-42(26-32)40-21-15-34(28-47(40)57-46)33-18-23-43-41(25-33)37-20-16-35(27-44(37)55-43)50-52-49(31-11-5-2-6-12-31)53-51(54-50)36-17-22-39-38-13-7-8-14-45(38)56-48(39)29-36/h1-29H. The van der Waals surface area contributed by atoms with E-state index in [9.17, 15) is 0 Å². The Bertz CT molecular complexity index is 3530. The van der Waals surface area contributed by atoms with Crippen LogP contribution in [0.3, 0.4) is 0 Å². The largest absolute Gasteiger partial charge is 0.456 e. The summed E-state index contributed by atoms with van der Waals surface area (Å²) in [7, 11) is 0. The normalized spacial score (nSPS) is 11.9. The average molecular weight is 764 g/mol. The van der Waals surface area contributed by atoms with E-state index in [0.717, 1.165) is 44.2 Å². The topological polar surface area (TPSA) is 51.8 Å². The summed E-state index contributed by atoms with van der Waals surface area (Å²) in [6.07, 6.45) is 0. The van der Waals surface area contributed by atoms with Gasteiger partial charge in [0.2, 0.25) is 0 Å². The van der Waals surface area contributed by atoms with Crippen LogP contribution in [-0.4, -0.2) is 15.0 Å². The van der Waals surface area contributed by atoms with Gasteiger partial charge in [0.15, 0.2) is 17.5 Å². The third kappa shape index (κ3) is 5.45. The van der Waals surface area contributed by atoms with Crippen molar-refractivity contribution in [2.45, 2.75) is 0 Å². The molecule has 12 rings (SSSR count). The van der Waals surface area contributed by atoms with Crippen molar-refractivity contribution in [2.75, 3.05) is 0 Å². The van der Waals surface area contributed by atoms with Gasteiger partial charge < -0.3 is 4.42 Å². The van der Waals surface area contributed by atoms with Crippen LogP contribution in [0.15, 0.2) is 180 Å². The molecule has 0 radical (unpaired) electrons. The van der Waals surface area contributed by atoms with Crippen LogP contribution in [0.5, 0.6) is 0 Å². The molecule has 0 saturated heterocycles. The van der Waals surface area contributed by atoms with Gasteiger partial charge in [0, 0.05) is 67.8 Å². The molecule has 6 heteroatoms. The smallest absolute Gasteiger partial charge is 0.164 e. The molecule has 4 aromatic heterocycles. The van der Waals surface area contributed by atoms with Crippen LogP contribution in [-0.2, 0) is 0 Å². The highest BCUT2D eigenvalue weighted by molar-refractivity contribution is 7.26. The van der Waals surface area contributed by atoms with Gasteiger partial charge in [-0.15, -0.1) is 22.7 Å². The van der Waals surface area contributed by atoms with Gasteiger partial charge in [0.05, 0.1) is 0 Å². The van der Waals surface area contributed by atoms with Crippen molar-refractivity contribution in [2.24, 2.45) is 0 Å². The molecule has 0 atom stereocenters. The maximum atomic E-state index is 6.50. The number of rotatable bonds is 5. The second kappa shape index (κ2) is 12.8. The van der Waals surface area contributed by atoms with Gasteiger partial charge in [-0.25, -0.2) is 15.0 Å². The van der Waals surface area contributed by atoms with Gasteiger partial charge in [-0.3, -0.25) is 0 Å². The van der Waals surface area contributed by atoms with Crippen LogP contribution < -0.4 is 0 Å². The molecule has 0 N–H and O–H groups in total. The monoisotopic (exact) mass is 763 g/mol. The van der Waals surface area contributed by atoms with E-state index in [1.165, 1.54) is 57.0 Å². The minimum absolute atomic E-state index is 0.603. The summed E-state index contributed by atoms with van der Waals surface area (Å²) in [4.78, 5) is 15.1. The molecular formula is C51H29N3OS2. The quantitative estimate of drug-likeness (QED) is 0.175. The number of furan rings is 1. The second-order valence-electron chi connectivity index (χ2n) is 14.4. The molecule has 0 aliphatic heterocycles. The minimum Gasteiger partial charge on any atom is -0.456 e. The predicted octanol–water partition coefficient (Wildman–Crippen LogP) is 14.8. The third-order valence-corrected chi connectivity index (χ3v) is 13.2. The first-order chi connectivity index (χ1) is 28.2. The Kier molecular flexibility index (Phi) is 7.24. The van der Waals surface area contributed by atoms with Crippen LogP contribution in [0.2, 0.25) is 0 Å². The summed E-state index contributed by atoms with van der Waals surface area (Å²) >= 11 is 3.64. The van der Waals surface area contributed by atoms with E-state index < -0.39 is 0 Å². The molecule has 0 amide bonds. The fourth-order valence-electron chi connectivity index (χ4n) is 8.08. The summed E-state index contributed by atoms with van der Waals surface area (Å²) in [6, 6.07) is 62.2. The van der Waals surface area contributed by atoms with E-state index in [2.05, 4.69) is 146 Å². The van der Waals surface area contributed by atoms with E-state index in [-0.39, 0.29) is 0 Å². The molecule has 8 aromatic carbocycles. The first kappa shape index (κ1) is 32.3. The van der Waals surface area contributed by atoms with E-state index in [4.69, 9.17) is 19.4 Å². The van der Waals surface area contributed by atoms with Gasteiger partial charge in [-0.05, 0) is 76.9 Å². The van der Waals surface area contributed by atoms with Crippen molar-refractivity contribution in [3.05, 3.63) is 176 Å². The summed E-state index contributed by atoms with van der Waals surface area (Å²) in [6.45, 7) is 0. The number of fused-ring (bicyclic) bond motifs is 9. The fourth-order valence-corrected chi connectivity index (χ4v) is 10.3. The Morgan fingerprint density at radius 2 is 0.772 bits per heavy atom. The zero-order valence-corrected chi connectivity index (χ0v) is 31.9. The molecule has 0 spiro atoms. The zero-order valence-electron chi connectivity index (χ0n) is 30.3. The molecule has 266 valence electrons. The molecule has 0 aliphatic rings. The number of nitrogens with zero attached hydrogens (tertiary/aromatic N) is 3. The Balaban J connectivity index is 0.928. The van der Waals surface area contributed by atoms with Crippen LogP contribution in [0, 0.1) is 0 Å². The highest BCUT2D eigenvalue weighted by Gasteiger charge is 2.17. The van der Waals surface area contributed by atoms with E-state index in [1.807, 2.05) is 41.7 Å². The average Bonchev–Trinajstić information content (AvgIpc) is 3.96. The summed E-state index contributed by atoms with van der Waals surface area (Å²) in [5.74, 6) is 1.87. The minimum atomic E-state index is 0.603. The van der Waals surface area contributed by atoms with Crippen molar-refractivity contribution >= 4 is 85.0 Å². The predicted molar refractivity (Wildman–Crippen MR) is 240 cm³/mol. The van der Waals surface area contributed by atoms with Gasteiger partial charge in [0.1, 0.15) is 11.2 Å². The molecule has 0 fully saturated rings. The maximum Gasteiger partial charge on any atom is 0.164 e. The lowest BCUT2D eigenvalue weighted by Gasteiger charge is -2.08.